The SMILES string of the molecule is Cc1cc(Cl)cc(C(=O)NC[C@H](C(C)C)N2CCN(C)CC2)c1. The van der Waals surface area contributed by atoms with Crippen LogP contribution in [0.1, 0.15) is 29.8 Å². The number of halogens is 1. The van der Waals surface area contributed by atoms with Gasteiger partial charge in [0.25, 0.3) is 5.91 Å². The monoisotopic (exact) mass is 337 g/mol. The molecule has 0 unspecified atom stereocenters. The predicted octanol–water partition coefficient (Wildman–Crippen LogP) is 2.65. The van der Waals surface area contributed by atoms with Crippen molar-refractivity contribution in [1.29, 1.82) is 0 Å². The number of likely N-dealkylation sites (N-methyl/N-ethyl adjacent to an activating group) is 1. The summed E-state index contributed by atoms with van der Waals surface area (Å²) < 4.78 is 0. The van der Waals surface area contributed by atoms with E-state index in [1.807, 2.05) is 19.1 Å². The van der Waals surface area contributed by atoms with Crippen molar-refractivity contribution in [3.8, 4) is 0 Å². The van der Waals surface area contributed by atoms with Gasteiger partial charge < -0.3 is 10.2 Å². The van der Waals surface area contributed by atoms with Gasteiger partial charge in [-0.2, -0.15) is 0 Å². The summed E-state index contributed by atoms with van der Waals surface area (Å²) in [6, 6.07) is 5.83. The standard InChI is InChI=1S/C18H28ClN3O/c1-13(2)17(22-7-5-21(4)6-8-22)12-20-18(23)15-9-14(3)10-16(19)11-15/h9-11,13,17H,5-8,12H2,1-4H3,(H,20,23)/t17-/m1/s1. The summed E-state index contributed by atoms with van der Waals surface area (Å²) in [4.78, 5) is 17.3. The molecule has 5 heteroatoms. The molecule has 1 aromatic rings. The molecular formula is C18H28ClN3O. The van der Waals surface area contributed by atoms with E-state index in [9.17, 15) is 4.79 Å². The van der Waals surface area contributed by atoms with Crippen LogP contribution >= 0.6 is 11.6 Å². The smallest absolute Gasteiger partial charge is 0.251 e. The molecule has 4 nitrogen and oxygen atoms in total. The Bertz CT molecular complexity index is 519. The molecule has 1 atom stereocenters. The summed E-state index contributed by atoms with van der Waals surface area (Å²) in [5.41, 5.74) is 1.64. The van der Waals surface area contributed by atoms with Crippen LogP contribution in [0.3, 0.4) is 0 Å². The second kappa shape index (κ2) is 8.13. The van der Waals surface area contributed by atoms with Crippen LogP contribution in [0.25, 0.3) is 0 Å². The summed E-state index contributed by atoms with van der Waals surface area (Å²) in [7, 11) is 2.16. The lowest BCUT2D eigenvalue weighted by atomic mass is 10.0. The summed E-state index contributed by atoms with van der Waals surface area (Å²) in [5.74, 6) is 0.454. The van der Waals surface area contributed by atoms with Crippen molar-refractivity contribution in [2.45, 2.75) is 26.8 Å². The molecule has 0 aromatic heterocycles. The first-order valence-electron chi connectivity index (χ1n) is 8.35. The van der Waals surface area contributed by atoms with Gasteiger partial charge in [0.15, 0.2) is 0 Å². The minimum Gasteiger partial charge on any atom is -0.350 e. The van der Waals surface area contributed by atoms with Gasteiger partial charge in [0.05, 0.1) is 0 Å². The molecular weight excluding hydrogens is 310 g/mol. The van der Waals surface area contributed by atoms with Gasteiger partial charge in [-0.05, 0) is 43.7 Å². The second-order valence-electron chi connectivity index (χ2n) is 6.88. The highest BCUT2D eigenvalue weighted by Crippen LogP contribution is 2.16. The van der Waals surface area contributed by atoms with Crippen LogP contribution in [0.4, 0.5) is 0 Å². The molecule has 1 fully saturated rings. The van der Waals surface area contributed by atoms with Gasteiger partial charge in [-0.1, -0.05) is 25.4 Å². The normalized spacial score (nSPS) is 18.2. The van der Waals surface area contributed by atoms with Gasteiger partial charge in [-0.15, -0.1) is 0 Å². The Labute approximate surface area is 144 Å². The molecule has 2 rings (SSSR count). The maximum Gasteiger partial charge on any atom is 0.251 e. The minimum absolute atomic E-state index is 0.0459. The number of aryl methyl sites for hydroxylation is 1. The highest BCUT2D eigenvalue weighted by molar-refractivity contribution is 6.31. The number of rotatable bonds is 5. The quantitative estimate of drug-likeness (QED) is 0.897. The maximum absolute atomic E-state index is 12.4. The Balaban J connectivity index is 1.96. The van der Waals surface area contributed by atoms with E-state index in [-0.39, 0.29) is 5.91 Å². The molecule has 0 aliphatic carbocycles. The first-order valence-corrected chi connectivity index (χ1v) is 8.72. The molecule has 1 aliphatic rings. The summed E-state index contributed by atoms with van der Waals surface area (Å²) in [5, 5.41) is 3.70. The van der Waals surface area contributed by atoms with Crippen molar-refractivity contribution in [2.24, 2.45) is 5.92 Å². The van der Waals surface area contributed by atoms with Crippen molar-refractivity contribution in [3.63, 3.8) is 0 Å². The average molecular weight is 338 g/mol. The van der Waals surface area contributed by atoms with Crippen LogP contribution < -0.4 is 5.32 Å². The lowest BCUT2D eigenvalue weighted by Crippen LogP contribution is -2.54. The zero-order valence-corrected chi connectivity index (χ0v) is 15.4. The molecule has 128 valence electrons. The number of piperazine rings is 1. The minimum atomic E-state index is -0.0459. The highest BCUT2D eigenvalue weighted by Gasteiger charge is 2.25. The number of carbonyl (C=O) groups is 1. The molecule has 0 spiro atoms. The second-order valence-corrected chi connectivity index (χ2v) is 7.31. The molecule has 0 radical (unpaired) electrons. The number of benzene rings is 1. The molecule has 1 aromatic carbocycles. The predicted molar refractivity (Wildman–Crippen MR) is 96.2 cm³/mol. The van der Waals surface area contributed by atoms with E-state index in [1.54, 1.807) is 6.07 Å². The Morgan fingerprint density at radius 1 is 1.22 bits per heavy atom. The molecule has 0 bridgehead atoms. The molecule has 1 aliphatic heterocycles. The fraction of sp³-hybridized carbons (Fsp3) is 0.611. The van der Waals surface area contributed by atoms with E-state index in [0.717, 1.165) is 31.7 Å². The summed E-state index contributed by atoms with van der Waals surface area (Å²) in [6.07, 6.45) is 0. The van der Waals surface area contributed by atoms with Gasteiger partial charge in [0.1, 0.15) is 0 Å². The number of carbonyl (C=O) groups excluding carboxylic acids is 1. The number of nitrogens with one attached hydrogen (secondary N) is 1. The van der Waals surface area contributed by atoms with Crippen molar-refractivity contribution in [1.82, 2.24) is 15.1 Å². The van der Waals surface area contributed by atoms with E-state index >= 15 is 0 Å². The molecule has 1 N–H and O–H groups in total. The number of amides is 1. The lowest BCUT2D eigenvalue weighted by Gasteiger charge is -2.39. The van der Waals surface area contributed by atoms with Gasteiger partial charge in [-0.25, -0.2) is 0 Å². The van der Waals surface area contributed by atoms with Crippen molar-refractivity contribution in [2.75, 3.05) is 39.8 Å². The zero-order chi connectivity index (χ0) is 17.0. The molecule has 0 saturated carbocycles. The van der Waals surface area contributed by atoms with E-state index in [0.29, 0.717) is 29.1 Å². The Morgan fingerprint density at radius 2 is 1.87 bits per heavy atom. The molecule has 1 heterocycles. The van der Waals surface area contributed by atoms with Gasteiger partial charge in [0, 0.05) is 49.4 Å². The van der Waals surface area contributed by atoms with Gasteiger partial charge in [-0.3, -0.25) is 9.69 Å². The molecule has 23 heavy (non-hydrogen) atoms. The van der Waals surface area contributed by atoms with E-state index in [1.165, 1.54) is 0 Å². The van der Waals surface area contributed by atoms with Crippen molar-refractivity contribution >= 4 is 17.5 Å². The van der Waals surface area contributed by atoms with Crippen LogP contribution in [0.15, 0.2) is 18.2 Å². The third-order valence-electron chi connectivity index (χ3n) is 4.55. The zero-order valence-electron chi connectivity index (χ0n) is 14.6. The molecule has 1 saturated heterocycles. The van der Waals surface area contributed by atoms with Gasteiger partial charge in [0.2, 0.25) is 0 Å². The van der Waals surface area contributed by atoms with E-state index in [2.05, 4.69) is 36.0 Å². The van der Waals surface area contributed by atoms with Crippen molar-refractivity contribution in [3.05, 3.63) is 34.3 Å². The Morgan fingerprint density at radius 3 is 2.43 bits per heavy atom. The number of hydrogen-bond acceptors (Lipinski definition) is 3. The highest BCUT2D eigenvalue weighted by atomic mass is 35.5. The third-order valence-corrected chi connectivity index (χ3v) is 4.77. The average Bonchev–Trinajstić information content (AvgIpc) is 2.47. The first kappa shape index (κ1) is 18.2. The fourth-order valence-electron chi connectivity index (χ4n) is 3.11. The van der Waals surface area contributed by atoms with Crippen LogP contribution in [-0.4, -0.2) is 61.5 Å². The summed E-state index contributed by atoms with van der Waals surface area (Å²) in [6.45, 7) is 11.4. The van der Waals surface area contributed by atoms with Crippen molar-refractivity contribution < 1.29 is 4.79 Å². The van der Waals surface area contributed by atoms with E-state index in [4.69, 9.17) is 11.6 Å². The maximum atomic E-state index is 12.4. The van der Waals surface area contributed by atoms with Crippen LogP contribution in [-0.2, 0) is 0 Å². The Hall–Kier alpha value is -1.10. The van der Waals surface area contributed by atoms with E-state index < -0.39 is 0 Å². The fourth-order valence-corrected chi connectivity index (χ4v) is 3.40. The number of nitrogens with zero attached hydrogens (tertiary/aromatic N) is 2. The summed E-state index contributed by atoms with van der Waals surface area (Å²) >= 11 is 6.05. The molecule has 1 amide bonds. The number of hydrogen-bond donors (Lipinski definition) is 1. The van der Waals surface area contributed by atoms with Crippen LogP contribution in [0.2, 0.25) is 5.02 Å². The lowest BCUT2D eigenvalue weighted by molar-refractivity contribution is 0.0791. The topological polar surface area (TPSA) is 35.6 Å². The Kier molecular flexibility index (Phi) is 6.45. The van der Waals surface area contributed by atoms with Crippen LogP contribution in [0.5, 0.6) is 0 Å². The van der Waals surface area contributed by atoms with Gasteiger partial charge >= 0.3 is 0 Å². The largest absolute Gasteiger partial charge is 0.350 e. The van der Waals surface area contributed by atoms with Crippen LogP contribution in [0, 0.1) is 12.8 Å². The third kappa shape index (κ3) is 5.20. The first-order chi connectivity index (χ1) is 10.9.